The lowest BCUT2D eigenvalue weighted by molar-refractivity contribution is 0.0586. The highest BCUT2D eigenvalue weighted by atomic mass is 16.5. The van der Waals surface area contributed by atoms with Gasteiger partial charge in [-0.2, -0.15) is 5.10 Å². The monoisotopic (exact) mass is 359 g/mol. The van der Waals surface area contributed by atoms with Crippen LogP contribution in [-0.4, -0.2) is 47.7 Å². The summed E-state index contributed by atoms with van der Waals surface area (Å²) >= 11 is 0. The largest absolute Gasteiger partial charge is 0.472 e. The van der Waals surface area contributed by atoms with Crippen LogP contribution in [0, 0.1) is 5.92 Å². The van der Waals surface area contributed by atoms with E-state index < -0.39 is 0 Å². The topological polar surface area (TPSA) is 52.7 Å². The predicted octanol–water partition coefficient (Wildman–Crippen LogP) is 3.04. The normalized spacial score (nSPS) is 21.8. The Morgan fingerprint density at radius 2 is 2.19 bits per heavy atom. The van der Waals surface area contributed by atoms with E-state index in [1.807, 2.05) is 12.3 Å². The van der Waals surface area contributed by atoms with Crippen molar-refractivity contribution in [3.63, 3.8) is 0 Å². The highest BCUT2D eigenvalue weighted by molar-refractivity contribution is 5.26. The first-order chi connectivity index (χ1) is 12.8. The van der Waals surface area contributed by atoms with E-state index in [2.05, 4.69) is 22.7 Å². The third-order valence-corrected chi connectivity index (χ3v) is 5.50. The third-order valence-electron chi connectivity index (χ3n) is 5.50. The molecule has 2 aliphatic rings. The quantitative estimate of drug-likeness (QED) is 0.761. The molecule has 4 rings (SSSR count). The molecule has 0 bridgehead atoms. The minimum Gasteiger partial charge on any atom is -0.472 e. The summed E-state index contributed by atoms with van der Waals surface area (Å²) in [5.41, 5.74) is 3.95. The van der Waals surface area contributed by atoms with Crippen molar-refractivity contribution in [2.45, 2.75) is 45.3 Å². The molecule has 0 spiro atoms. The van der Waals surface area contributed by atoms with Gasteiger partial charge in [0.2, 0.25) is 0 Å². The average molecular weight is 359 g/mol. The average Bonchev–Trinajstić information content (AvgIpc) is 3.31. The minimum absolute atomic E-state index is 0.368. The lowest BCUT2D eigenvalue weighted by Crippen LogP contribution is -2.36. The number of nitrogens with zero attached hydrogens (tertiary/aromatic N) is 3. The maximum Gasteiger partial charge on any atom is 0.0947 e. The number of rotatable bonds is 7. The van der Waals surface area contributed by atoms with Crippen LogP contribution in [0.5, 0.6) is 0 Å². The summed E-state index contributed by atoms with van der Waals surface area (Å²) in [7, 11) is 0. The van der Waals surface area contributed by atoms with Crippen LogP contribution in [0.3, 0.4) is 0 Å². The Morgan fingerprint density at radius 3 is 2.96 bits per heavy atom. The van der Waals surface area contributed by atoms with Crippen LogP contribution in [0.25, 0.3) is 0 Å². The van der Waals surface area contributed by atoms with Gasteiger partial charge in [-0.15, -0.1) is 0 Å². The Bertz CT molecular complexity index is 677. The van der Waals surface area contributed by atoms with Crippen molar-refractivity contribution in [1.82, 2.24) is 14.7 Å². The molecule has 4 heterocycles. The van der Waals surface area contributed by atoms with E-state index in [0.29, 0.717) is 11.8 Å². The van der Waals surface area contributed by atoms with Crippen molar-refractivity contribution in [2.24, 2.45) is 5.92 Å². The van der Waals surface area contributed by atoms with E-state index in [-0.39, 0.29) is 0 Å². The molecule has 2 aliphatic heterocycles. The Kier molecular flexibility index (Phi) is 5.72. The van der Waals surface area contributed by atoms with Gasteiger partial charge in [-0.3, -0.25) is 9.58 Å². The van der Waals surface area contributed by atoms with Crippen molar-refractivity contribution >= 4 is 0 Å². The van der Waals surface area contributed by atoms with Gasteiger partial charge in [-0.25, -0.2) is 0 Å². The second kappa shape index (κ2) is 8.37. The lowest BCUT2D eigenvalue weighted by Gasteiger charge is -2.33. The van der Waals surface area contributed by atoms with Crippen LogP contribution in [0.1, 0.15) is 42.5 Å². The third kappa shape index (κ3) is 4.03. The molecule has 1 saturated heterocycles. The second-order valence-electron chi connectivity index (χ2n) is 7.45. The molecule has 1 unspecified atom stereocenters. The first-order valence-electron chi connectivity index (χ1n) is 9.77. The van der Waals surface area contributed by atoms with Crippen molar-refractivity contribution in [3.05, 3.63) is 41.6 Å². The van der Waals surface area contributed by atoms with E-state index in [1.54, 1.807) is 6.26 Å². The van der Waals surface area contributed by atoms with Gasteiger partial charge >= 0.3 is 0 Å². The molecule has 142 valence electrons. The van der Waals surface area contributed by atoms with E-state index >= 15 is 0 Å². The second-order valence-corrected chi connectivity index (χ2v) is 7.45. The molecule has 0 radical (unpaired) electrons. The van der Waals surface area contributed by atoms with Gasteiger partial charge in [-0.1, -0.05) is 0 Å². The molecule has 2 aromatic rings. The van der Waals surface area contributed by atoms with Gasteiger partial charge in [0.15, 0.2) is 0 Å². The molecule has 0 aromatic carbocycles. The maximum atomic E-state index is 5.82. The van der Waals surface area contributed by atoms with Gasteiger partial charge in [0.05, 0.1) is 25.3 Å². The van der Waals surface area contributed by atoms with Crippen LogP contribution in [-0.2, 0) is 29.1 Å². The van der Waals surface area contributed by atoms with Gasteiger partial charge in [0, 0.05) is 68.7 Å². The Morgan fingerprint density at radius 1 is 1.31 bits per heavy atom. The zero-order valence-electron chi connectivity index (χ0n) is 15.6. The van der Waals surface area contributed by atoms with Crippen LogP contribution < -0.4 is 0 Å². The van der Waals surface area contributed by atoms with Gasteiger partial charge in [-0.05, 0) is 31.7 Å². The van der Waals surface area contributed by atoms with Crippen LogP contribution in [0.15, 0.2) is 29.2 Å². The lowest BCUT2D eigenvalue weighted by atomic mass is 9.95. The molecular formula is C20H29N3O3. The van der Waals surface area contributed by atoms with Crippen LogP contribution in [0.4, 0.5) is 0 Å². The van der Waals surface area contributed by atoms with Gasteiger partial charge < -0.3 is 13.9 Å². The molecule has 26 heavy (non-hydrogen) atoms. The van der Waals surface area contributed by atoms with Crippen molar-refractivity contribution in [1.29, 1.82) is 0 Å². The number of aromatic nitrogens is 2. The van der Waals surface area contributed by atoms with Crippen molar-refractivity contribution in [2.75, 3.05) is 33.0 Å². The summed E-state index contributed by atoms with van der Waals surface area (Å²) in [5.74, 6) is 1.04. The highest BCUT2D eigenvalue weighted by Crippen LogP contribution is 2.31. The predicted molar refractivity (Wildman–Crippen MR) is 97.8 cm³/mol. The fourth-order valence-corrected chi connectivity index (χ4v) is 4.20. The summed E-state index contributed by atoms with van der Waals surface area (Å²) < 4.78 is 18.8. The fourth-order valence-electron chi connectivity index (χ4n) is 4.20. The zero-order chi connectivity index (χ0) is 17.8. The van der Waals surface area contributed by atoms with Crippen LogP contribution in [0.2, 0.25) is 0 Å². The number of hydrogen-bond acceptors (Lipinski definition) is 5. The minimum atomic E-state index is 0.368. The smallest absolute Gasteiger partial charge is 0.0947 e. The van der Waals surface area contributed by atoms with E-state index in [1.165, 1.54) is 16.8 Å². The SMILES string of the molecule is CCOCC1CN(Cc2ccoc2)Cc2cnn(CC3CCOCC3)c21. The summed E-state index contributed by atoms with van der Waals surface area (Å²) in [6, 6.07) is 2.04. The fraction of sp³-hybridized carbons (Fsp3) is 0.650. The summed E-state index contributed by atoms with van der Waals surface area (Å²) in [6.45, 7) is 9.18. The molecule has 2 aromatic heterocycles. The molecule has 1 atom stereocenters. The molecule has 0 aliphatic carbocycles. The van der Waals surface area contributed by atoms with Crippen molar-refractivity contribution < 1.29 is 13.9 Å². The maximum absolute atomic E-state index is 5.82. The number of hydrogen-bond donors (Lipinski definition) is 0. The van der Waals surface area contributed by atoms with Gasteiger partial charge in [0.25, 0.3) is 0 Å². The summed E-state index contributed by atoms with van der Waals surface area (Å²) in [6.07, 6.45) is 7.92. The molecule has 0 N–H and O–H groups in total. The molecule has 6 heteroatoms. The molecule has 1 fully saturated rings. The van der Waals surface area contributed by atoms with Crippen LogP contribution >= 0.6 is 0 Å². The van der Waals surface area contributed by atoms with E-state index in [9.17, 15) is 0 Å². The first-order valence-corrected chi connectivity index (χ1v) is 9.77. The molecule has 6 nitrogen and oxygen atoms in total. The number of fused-ring (bicyclic) bond motifs is 1. The first kappa shape index (κ1) is 17.8. The molecular weight excluding hydrogens is 330 g/mol. The summed E-state index contributed by atoms with van der Waals surface area (Å²) in [4.78, 5) is 2.47. The van der Waals surface area contributed by atoms with Gasteiger partial charge in [0.1, 0.15) is 0 Å². The Hall–Kier alpha value is -1.63. The van der Waals surface area contributed by atoms with Crippen molar-refractivity contribution in [3.8, 4) is 0 Å². The number of furan rings is 1. The molecule has 0 saturated carbocycles. The van der Waals surface area contributed by atoms with E-state index in [0.717, 1.165) is 65.4 Å². The highest BCUT2D eigenvalue weighted by Gasteiger charge is 2.30. The molecule has 0 amide bonds. The Labute approximate surface area is 155 Å². The standard InChI is InChI=1S/C20H29N3O3/c1-2-24-15-19-13-22(10-17-5-8-26-14-17)12-18-9-21-23(20(18)19)11-16-3-6-25-7-4-16/h5,8-9,14,16,19H,2-4,6-7,10-13,15H2,1H3. The summed E-state index contributed by atoms with van der Waals surface area (Å²) in [5, 5.41) is 4.76. The van der Waals surface area contributed by atoms with E-state index in [4.69, 9.17) is 19.0 Å². The number of ether oxygens (including phenoxy) is 2. The zero-order valence-corrected chi connectivity index (χ0v) is 15.6. The Balaban J connectivity index is 1.51.